The molecule has 1 N–H and O–H groups in total. The molecule has 0 unspecified atom stereocenters. The van der Waals surface area contributed by atoms with E-state index in [-0.39, 0.29) is 11.3 Å². The van der Waals surface area contributed by atoms with E-state index in [1.807, 2.05) is 20.8 Å². The summed E-state index contributed by atoms with van der Waals surface area (Å²) >= 11 is 0. The van der Waals surface area contributed by atoms with Gasteiger partial charge in [-0.1, -0.05) is 32.4 Å². The van der Waals surface area contributed by atoms with Gasteiger partial charge in [-0.05, 0) is 45.7 Å². The largest absolute Gasteiger partial charge is 0.355 e. The Bertz CT molecular complexity index is 320. The van der Waals surface area contributed by atoms with E-state index in [0.717, 1.165) is 26.2 Å². The maximum absolute atomic E-state index is 11.8. The van der Waals surface area contributed by atoms with Crippen LogP contribution >= 0.6 is 0 Å². The first-order chi connectivity index (χ1) is 8.82. The number of rotatable bonds is 4. The van der Waals surface area contributed by atoms with Gasteiger partial charge in [0.1, 0.15) is 0 Å². The topological polar surface area (TPSA) is 32.3 Å². The fourth-order valence-corrected chi connectivity index (χ4v) is 2.29. The molecule has 0 aromatic rings. The van der Waals surface area contributed by atoms with Gasteiger partial charge in [0.25, 0.3) is 0 Å². The van der Waals surface area contributed by atoms with Crippen molar-refractivity contribution in [3.8, 4) is 0 Å². The summed E-state index contributed by atoms with van der Waals surface area (Å²) in [6.45, 7) is 14.4. The zero-order chi connectivity index (χ0) is 14.5. The molecule has 3 heteroatoms. The molecule has 0 atom stereocenters. The summed E-state index contributed by atoms with van der Waals surface area (Å²) in [5, 5.41) is 3.09. The summed E-state index contributed by atoms with van der Waals surface area (Å²) in [5.74, 6) is 0.813. The number of carbonyl (C=O) groups excluding carboxylic acids is 1. The molecule has 19 heavy (non-hydrogen) atoms. The predicted octanol–water partition coefficient (Wildman–Crippen LogP) is 2.83. The van der Waals surface area contributed by atoms with Crippen LogP contribution in [0.5, 0.6) is 0 Å². The Labute approximate surface area is 118 Å². The summed E-state index contributed by atoms with van der Waals surface area (Å²) in [4.78, 5) is 14.3. The van der Waals surface area contributed by atoms with Crippen molar-refractivity contribution < 1.29 is 4.79 Å². The van der Waals surface area contributed by atoms with Gasteiger partial charge in [0.15, 0.2) is 0 Å². The molecule has 0 aliphatic carbocycles. The molecule has 1 fully saturated rings. The first-order valence-electron chi connectivity index (χ1n) is 7.45. The van der Waals surface area contributed by atoms with Crippen LogP contribution in [0.4, 0.5) is 0 Å². The van der Waals surface area contributed by atoms with Crippen molar-refractivity contribution in [2.75, 3.05) is 26.2 Å². The maximum Gasteiger partial charge on any atom is 0.225 e. The highest BCUT2D eigenvalue weighted by Crippen LogP contribution is 2.18. The zero-order valence-corrected chi connectivity index (χ0v) is 13.3. The van der Waals surface area contributed by atoms with Gasteiger partial charge in [-0.2, -0.15) is 0 Å². The van der Waals surface area contributed by atoms with Crippen LogP contribution in [0.15, 0.2) is 11.6 Å². The first kappa shape index (κ1) is 16.2. The molecule has 1 saturated heterocycles. The molecule has 1 aliphatic heterocycles. The molecular weight excluding hydrogens is 236 g/mol. The van der Waals surface area contributed by atoms with Crippen molar-refractivity contribution in [1.29, 1.82) is 0 Å². The van der Waals surface area contributed by atoms with E-state index in [4.69, 9.17) is 0 Å². The summed E-state index contributed by atoms with van der Waals surface area (Å²) < 4.78 is 0. The lowest BCUT2D eigenvalue weighted by atomic mass is 9.93. The van der Waals surface area contributed by atoms with Crippen LogP contribution < -0.4 is 5.32 Å². The second-order valence-corrected chi connectivity index (χ2v) is 6.81. The average molecular weight is 266 g/mol. The van der Waals surface area contributed by atoms with Crippen LogP contribution in [0.3, 0.4) is 0 Å². The van der Waals surface area contributed by atoms with Gasteiger partial charge in [-0.3, -0.25) is 9.69 Å². The number of piperidine rings is 1. The molecule has 110 valence electrons. The summed E-state index contributed by atoms with van der Waals surface area (Å²) in [6.07, 6.45) is 4.58. The molecule has 1 rings (SSSR count). The van der Waals surface area contributed by atoms with Crippen LogP contribution in [0.1, 0.15) is 47.5 Å². The Morgan fingerprint density at radius 3 is 2.37 bits per heavy atom. The van der Waals surface area contributed by atoms with Gasteiger partial charge < -0.3 is 5.32 Å². The number of hydrogen-bond donors (Lipinski definition) is 1. The van der Waals surface area contributed by atoms with E-state index >= 15 is 0 Å². The van der Waals surface area contributed by atoms with Crippen LogP contribution in [0.2, 0.25) is 0 Å². The van der Waals surface area contributed by atoms with Crippen molar-refractivity contribution in [3.63, 3.8) is 0 Å². The number of nitrogens with one attached hydrogen (secondary N) is 1. The van der Waals surface area contributed by atoms with Gasteiger partial charge in [0, 0.05) is 18.5 Å². The maximum atomic E-state index is 11.8. The Hall–Kier alpha value is -0.830. The van der Waals surface area contributed by atoms with Crippen LogP contribution in [-0.2, 0) is 4.79 Å². The Morgan fingerprint density at radius 1 is 1.32 bits per heavy atom. The van der Waals surface area contributed by atoms with Crippen molar-refractivity contribution in [2.45, 2.75) is 47.5 Å². The molecule has 0 bridgehead atoms. The minimum absolute atomic E-state index is 0.166. The molecular formula is C16H30N2O. The summed E-state index contributed by atoms with van der Waals surface area (Å²) in [6, 6.07) is 0. The number of nitrogens with zero attached hydrogens (tertiary/aromatic N) is 1. The Morgan fingerprint density at radius 2 is 1.89 bits per heavy atom. The van der Waals surface area contributed by atoms with Crippen LogP contribution in [0, 0.1) is 11.3 Å². The highest BCUT2D eigenvalue weighted by molar-refractivity contribution is 5.81. The van der Waals surface area contributed by atoms with E-state index < -0.39 is 0 Å². The quantitative estimate of drug-likeness (QED) is 0.794. The predicted molar refractivity (Wildman–Crippen MR) is 81.1 cm³/mol. The van der Waals surface area contributed by atoms with Crippen LogP contribution in [-0.4, -0.2) is 37.0 Å². The number of allylic oxidation sites excluding steroid dienone is 1. The number of carbonyl (C=O) groups is 1. The second-order valence-electron chi connectivity index (χ2n) is 6.81. The molecule has 0 saturated carbocycles. The molecule has 1 aliphatic rings. The van der Waals surface area contributed by atoms with Crippen molar-refractivity contribution in [2.24, 2.45) is 11.3 Å². The minimum Gasteiger partial charge on any atom is -0.355 e. The lowest BCUT2D eigenvalue weighted by molar-refractivity contribution is -0.128. The second kappa shape index (κ2) is 7.09. The van der Waals surface area contributed by atoms with Gasteiger partial charge in [-0.15, -0.1) is 0 Å². The number of hydrogen-bond acceptors (Lipinski definition) is 2. The molecule has 0 aromatic heterocycles. The van der Waals surface area contributed by atoms with E-state index in [1.165, 1.54) is 18.4 Å². The first-order valence-corrected chi connectivity index (χ1v) is 7.45. The number of likely N-dealkylation sites (tertiary alicyclic amines) is 1. The molecule has 0 spiro atoms. The fraction of sp³-hybridized carbons (Fsp3) is 0.812. The van der Waals surface area contributed by atoms with E-state index in [0.29, 0.717) is 5.92 Å². The van der Waals surface area contributed by atoms with E-state index in [9.17, 15) is 4.79 Å². The van der Waals surface area contributed by atoms with Crippen molar-refractivity contribution in [3.05, 3.63) is 11.6 Å². The smallest absolute Gasteiger partial charge is 0.225 e. The van der Waals surface area contributed by atoms with Crippen molar-refractivity contribution in [1.82, 2.24) is 10.2 Å². The minimum atomic E-state index is -0.274. The zero-order valence-electron chi connectivity index (χ0n) is 13.3. The van der Waals surface area contributed by atoms with E-state index in [2.05, 4.69) is 30.1 Å². The highest BCUT2D eigenvalue weighted by Gasteiger charge is 2.23. The van der Waals surface area contributed by atoms with Crippen molar-refractivity contribution >= 4 is 5.91 Å². The Balaban J connectivity index is 2.26. The van der Waals surface area contributed by atoms with Gasteiger partial charge in [0.05, 0.1) is 0 Å². The van der Waals surface area contributed by atoms with E-state index in [1.54, 1.807) is 0 Å². The third-order valence-corrected chi connectivity index (χ3v) is 3.91. The van der Waals surface area contributed by atoms with Gasteiger partial charge >= 0.3 is 0 Å². The third-order valence-electron chi connectivity index (χ3n) is 3.91. The summed E-state index contributed by atoms with van der Waals surface area (Å²) in [7, 11) is 0. The van der Waals surface area contributed by atoms with Gasteiger partial charge in [0.2, 0.25) is 5.91 Å². The molecule has 1 heterocycles. The molecule has 1 amide bonds. The molecule has 0 radical (unpaired) electrons. The third kappa shape index (κ3) is 5.77. The SMILES string of the molecule is C/C=C(\C)CN1CCC(CNC(=O)C(C)(C)C)CC1. The van der Waals surface area contributed by atoms with Gasteiger partial charge in [-0.25, -0.2) is 0 Å². The van der Waals surface area contributed by atoms with Crippen LogP contribution in [0.25, 0.3) is 0 Å². The lowest BCUT2D eigenvalue weighted by Gasteiger charge is -2.32. The molecule has 3 nitrogen and oxygen atoms in total. The molecule has 0 aromatic carbocycles. The normalized spacial score (nSPS) is 19.5. The fourth-order valence-electron chi connectivity index (χ4n) is 2.29. The standard InChI is InChI=1S/C16H30N2O/c1-6-13(2)12-18-9-7-14(8-10-18)11-17-15(19)16(3,4)5/h6,14H,7-12H2,1-5H3,(H,17,19)/b13-6+. The Kier molecular flexibility index (Phi) is 6.05. The lowest BCUT2D eigenvalue weighted by Crippen LogP contribution is -2.42. The monoisotopic (exact) mass is 266 g/mol. The average Bonchev–Trinajstić information content (AvgIpc) is 2.36. The highest BCUT2D eigenvalue weighted by atomic mass is 16.2. The number of amides is 1. The summed E-state index contributed by atoms with van der Waals surface area (Å²) in [5.41, 5.74) is 1.17.